The molecule has 1 aromatic carbocycles. The molecule has 0 radical (unpaired) electrons. The molecule has 2 rings (SSSR count). The van der Waals surface area contributed by atoms with Crippen LogP contribution in [0.5, 0.6) is 0 Å². The van der Waals surface area contributed by atoms with Crippen LogP contribution in [0.3, 0.4) is 0 Å². The van der Waals surface area contributed by atoms with Gasteiger partial charge < -0.3 is 16.0 Å². The van der Waals surface area contributed by atoms with Gasteiger partial charge in [0.05, 0.1) is 5.56 Å². The first-order valence-electron chi connectivity index (χ1n) is 6.84. The SMILES string of the molecule is NC(=O)N1CC[C@H](NC(=O)[C@@H](F)c2ccc(C(F)(F)F)cc2)C1. The van der Waals surface area contributed by atoms with Crippen LogP contribution in [0, 0.1) is 0 Å². The van der Waals surface area contributed by atoms with E-state index in [-0.39, 0.29) is 12.1 Å². The van der Waals surface area contributed by atoms with E-state index in [1.807, 2.05) is 0 Å². The van der Waals surface area contributed by atoms with Crippen molar-refractivity contribution in [3.05, 3.63) is 35.4 Å². The summed E-state index contributed by atoms with van der Waals surface area (Å²) in [6.07, 6.45) is -6.16. The van der Waals surface area contributed by atoms with E-state index >= 15 is 0 Å². The van der Waals surface area contributed by atoms with Crippen LogP contribution >= 0.6 is 0 Å². The topological polar surface area (TPSA) is 75.4 Å². The van der Waals surface area contributed by atoms with Crippen molar-refractivity contribution < 1.29 is 27.2 Å². The number of hydrogen-bond acceptors (Lipinski definition) is 2. The fraction of sp³-hybridized carbons (Fsp3) is 0.429. The average Bonchev–Trinajstić information content (AvgIpc) is 2.94. The summed E-state index contributed by atoms with van der Waals surface area (Å²) in [6, 6.07) is 2.25. The fourth-order valence-corrected chi connectivity index (χ4v) is 2.35. The predicted molar refractivity (Wildman–Crippen MR) is 73.0 cm³/mol. The Hall–Kier alpha value is -2.32. The van der Waals surface area contributed by atoms with Gasteiger partial charge in [-0.15, -0.1) is 0 Å². The largest absolute Gasteiger partial charge is 0.416 e. The molecule has 3 N–H and O–H groups in total. The standard InChI is InChI=1S/C14H15F4N3O2/c15-11(8-1-3-9(4-2-8)14(16,17)18)12(22)20-10-5-6-21(7-10)13(19)23/h1-4,10-11H,5-7H2,(H2,19,23)(H,20,22)/t10-,11-/m0/s1. The van der Waals surface area contributed by atoms with Gasteiger partial charge in [-0.25, -0.2) is 9.18 Å². The van der Waals surface area contributed by atoms with E-state index in [0.717, 1.165) is 24.3 Å². The Kier molecular flexibility index (Phi) is 4.76. The quantitative estimate of drug-likeness (QED) is 0.830. The molecule has 1 aliphatic heterocycles. The van der Waals surface area contributed by atoms with Crippen molar-refractivity contribution in [2.45, 2.75) is 24.8 Å². The third-order valence-corrected chi connectivity index (χ3v) is 3.61. The van der Waals surface area contributed by atoms with Gasteiger partial charge >= 0.3 is 12.2 Å². The maximum atomic E-state index is 14.1. The van der Waals surface area contributed by atoms with Crippen LogP contribution in [0.15, 0.2) is 24.3 Å². The van der Waals surface area contributed by atoms with Gasteiger partial charge in [0.1, 0.15) is 0 Å². The van der Waals surface area contributed by atoms with E-state index in [2.05, 4.69) is 5.32 Å². The van der Waals surface area contributed by atoms with Gasteiger partial charge in [0.15, 0.2) is 0 Å². The summed E-state index contributed by atoms with van der Waals surface area (Å²) in [4.78, 5) is 24.1. The van der Waals surface area contributed by atoms with Crippen molar-refractivity contribution in [2.24, 2.45) is 5.73 Å². The van der Waals surface area contributed by atoms with Crippen molar-refractivity contribution in [1.82, 2.24) is 10.2 Å². The molecule has 9 heteroatoms. The third kappa shape index (κ3) is 4.11. The van der Waals surface area contributed by atoms with Crippen molar-refractivity contribution in [3.63, 3.8) is 0 Å². The number of rotatable bonds is 3. The first-order valence-corrected chi connectivity index (χ1v) is 6.84. The zero-order valence-corrected chi connectivity index (χ0v) is 11.9. The molecule has 0 unspecified atom stereocenters. The van der Waals surface area contributed by atoms with E-state index in [9.17, 15) is 27.2 Å². The molecular weight excluding hydrogens is 318 g/mol. The Morgan fingerprint density at radius 3 is 2.35 bits per heavy atom. The summed E-state index contributed by atoms with van der Waals surface area (Å²) in [5.41, 5.74) is 4.02. The normalized spacial score (nSPS) is 19.5. The number of nitrogens with two attached hydrogens (primary N) is 1. The van der Waals surface area contributed by atoms with E-state index in [0.29, 0.717) is 13.0 Å². The molecular formula is C14H15F4N3O2. The smallest absolute Gasteiger partial charge is 0.351 e. The molecule has 0 aromatic heterocycles. The number of nitrogens with zero attached hydrogens (tertiary/aromatic N) is 1. The lowest BCUT2D eigenvalue weighted by Gasteiger charge is -2.16. The predicted octanol–water partition coefficient (Wildman–Crippen LogP) is 1.99. The summed E-state index contributed by atoms with van der Waals surface area (Å²) in [7, 11) is 0. The number of amides is 3. The molecule has 0 aliphatic carbocycles. The highest BCUT2D eigenvalue weighted by Gasteiger charge is 2.32. The Balaban J connectivity index is 1.96. The number of likely N-dealkylation sites (tertiary alicyclic amines) is 1. The summed E-state index contributed by atoms with van der Waals surface area (Å²) >= 11 is 0. The molecule has 23 heavy (non-hydrogen) atoms. The van der Waals surface area contributed by atoms with Crippen molar-refractivity contribution >= 4 is 11.9 Å². The molecule has 0 bridgehead atoms. The van der Waals surface area contributed by atoms with E-state index < -0.39 is 35.9 Å². The Morgan fingerprint density at radius 2 is 1.87 bits per heavy atom. The number of benzene rings is 1. The molecule has 5 nitrogen and oxygen atoms in total. The third-order valence-electron chi connectivity index (χ3n) is 3.61. The van der Waals surface area contributed by atoms with E-state index in [1.54, 1.807) is 0 Å². The lowest BCUT2D eigenvalue weighted by molar-refractivity contribution is -0.137. The van der Waals surface area contributed by atoms with Crippen LogP contribution in [-0.2, 0) is 11.0 Å². The highest BCUT2D eigenvalue weighted by Crippen LogP contribution is 2.30. The van der Waals surface area contributed by atoms with Crippen molar-refractivity contribution in [2.75, 3.05) is 13.1 Å². The average molecular weight is 333 g/mol. The first-order chi connectivity index (χ1) is 10.7. The summed E-state index contributed by atoms with van der Waals surface area (Å²) < 4.78 is 51.4. The van der Waals surface area contributed by atoms with Crippen LogP contribution in [-0.4, -0.2) is 36.0 Å². The molecule has 2 atom stereocenters. The number of nitrogens with one attached hydrogen (secondary N) is 1. The van der Waals surface area contributed by atoms with E-state index in [4.69, 9.17) is 5.73 Å². The summed E-state index contributed by atoms with van der Waals surface area (Å²) in [5, 5.41) is 2.42. The minimum atomic E-state index is -4.52. The number of urea groups is 1. The first kappa shape index (κ1) is 17.0. The number of carbonyl (C=O) groups excluding carboxylic acids is 2. The van der Waals surface area contributed by atoms with Gasteiger partial charge in [0.25, 0.3) is 5.91 Å². The lowest BCUT2D eigenvalue weighted by atomic mass is 10.1. The van der Waals surface area contributed by atoms with Gasteiger partial charge in [-0.3, -0.25) is 4.79 Å². The van der Waals surface area contributed by atoms with Crippen molar-refractivity contribution in [3.8, 4) is 0 Å². The summed E-state index contributed by atoms with van der Waals surface area (Å²) in [6.45, 7) is 0.540. The van der Waals surface area contributed by atoms with Crippen LogP contribution in [0.1, 0.15) is 23.7 Å². The van der Waals surface area contributed by atoms with Gasteiger partial charge in [0.2, 0.25) is 6.17 Å². The molecule has 1 fully saturated rings. The van der Waals surface area contributed by atoms with Gasteiger partial charge in [-0.1, -0.05) is 12.1 Å². The molecule has 3 amide bonds. The molecule has 0 spiro atoms. The number of halogens is 4. The summed E-state index contributed by atoms with van der Waals surface area (Å²) in [5.74, 6) is -0.957. The van der Waals surface area contributed by atoms with Crippen molar-refractivity contribution in [1.29, 1.82) is 0 Å². The molecule has 1 heterocycles. The van der Waals surface area contributed by atoms with E-state index in [1.165, 1.54) is 4.90 Å². The molecule has 1 aromatic rings. The highest BCUT2D eigenvalue weighted by molar-refractivity contribution is 5.82. The molecule has 1 aliphatic rings. The monoisotopic (exact) mass is 333 g/mol. The molecule has 126 valence electrons. The second-order valence-corrected chi connectivity index (χ2v) is 5.26. The zero-order valence-electron chi connectivity index (χ0n) is 11.9. The minimum Gasteiger partial charge on any atom is -0.351 e. The molecule has 0 saturated carbocycles. The number of primary amides is 1. The second kappa shape index (κ2) is 6.43. The zero-order chi connectivity index (χ0) is 17.2. The van der Waals surface area contributed by atoms with Crippen LogP contribution < -0.4 is 11.1 Å². The number of alkyl halides is 4. The Morgan fingerprint density at radius 1 is 1.26 bits per heavy atom. The van der Waals surface area contributed by atoms with Crippen LogP contribution in [0.2, 0.25) is 0 Å². The highest BCUT2D eigenvalue weighted by atomic mass is 19.4. The van der Waals surface area contributed by atoms with Crippen LogP contribution in [0.25, 0.3) is 0 Å². The van der Waals surface area contributed by atoms with Gasteiger partial charge in [-0.05, 0) is 24.1 Å². The maximum Gasteiger partial charge on any atom is 0.416 e. The van der Waals surface area contributed by atoms with Crippen LogP contribution in [0.4, 0.5) is 22.4 Å². The lowest BCUT2D eigenvalue weighted by Crippen LogP contribution is -2.41. The molecule has 1 saturated heterocycles. The maximum absolute atomic E-state index is 14.1. The number of carbonyl (C=O) groups is 2. The number of hydrogen-bond donors (Lipinski definition) is 2. The minimum absolute atomic E-state index is 0.166. The van der Waals surface area contributed by atoms with Gasteiger partial charge in [0, 0.05) is 19.1 Å². The van der Waals surface area contributed by atoms with Gasteiger partial charge in [-0.2, -0.15) is 13.2 Å². The Labute approximate surface area is 129 Å². The fourth-order valence-electron chi connectivity index (χ4n) is 2.35. The second-order valence-electron chi connectivity index (χ2n) is 5.26. The Bertz CT molecular complexity index is 589.